The summed E-state index contributed by atoms with van der Waals surface area (Å²) < 4.78 is 28.2. The Morgan fingerprint density at radius 3 is 2.39 bits per heavy atom. The van der Waals surface area contributed by atoms with E-state index in [0.29, 0.717) is 0 Å². The van der Waals surface area contributed by atoms with Gasteiger partial charge in [0.25, 0.3) is 5.92 Å². The second-order valence-electron chi connectivity index (χ2n) is 3.70. The van der Waals surface area contributed by atoms with Gasteiger partial charge in [0.05, 0.1) is 5.56 Å². The molecule has 0 fully saturated rings. The molecule has 0 bridgehead atoms. The molecule has 92 valence electrons. The summed E-state index contributed by atoms with van der Waals surface area (Å²) in [5.41, 5.74) is -0.741. The van der Waals surface area contributed by atoms with Gasteiger partial charge in [0.1, 0.15) is 0 Å². The van der Waals surface area contributed by atoms with Crippen LogP contribution in [0.1, 0.15) is 21.5 Å². The molecule has 5 heteroatoms. The Morgan fingerprint density at radius 2 is 1.78 bits per heavy atom. The fourth-order valence-corrected chi connectivity index (χ4v) is 1.58. The van der Waals surface area contributed by atoms with Crippen LogP contribution in [0.25, 0.3) is 0 Å². The van der Waals surface area contributed by atoms with Crippen molar-refractivity contribution in [2.24, 2.45) is 0 Å². The van der Waals surface area contributed by atoms with Crippen LogP contribution < -0.4 is 0 Å². The number of benzene rings is 1. The van der Waals surface area contributed by atoms with E-state index in [1.165, 1.54) is 42.7 Å². The highest BCUT2D eigenvalue weighted by atomic mass is 19.3. The maximum absolute atomic E-state index is 14.1. The molecule has 0 amide bonds. The molecule has 0 saturated carbocycles. The average Bonchev–Trinajstić information content (AvgIpc) is 2.40. The molecule has 0 aliphatic carbocycles. The van der Waals surface area contributed by atoms with Crippen LogP contribution in [0.4, 0.5) is 8.78 Å². The molecule has 0 spiro atoms. The summed E-state index contributed by atoms with van der Waals surface area (Å²) in [6, 6.07) is 7.15. The first-order valence-corrected chi connectivity index (χ1v) is 5.14. The fraction of sp³-hybridized carbons (Fsp3) is 0.0769. The zero-order chi connectivity index (χ0) is 13.2. The Kier molecular flexibility index (Phi) is 3.06. The van der Waals surface area contributed by atoms with Crippen LogP contribution in [-0.2, 0) is 5.92 Å². The second-order valence-corrected chi connectivity index (χ2v) is 3.70. The zero-order valence-electron chi connectivity index (χ0n) is 9.18. The van der Waals surface area contributed by atoms with E-state index in [0.717, 1.165) is 6.07 Å². The van der Waals surface area contributed by atoms with Gasteiger partial charge in [-0.25, -0.2) is 4.79 Å². The van der Waals surface area contributed by atoms with Crippen molar-refractivity contribution < 1.29 is 18.7 Å². The minimum absolute atomic E-state index is 0.166. The van der Waals surface area contributed by atoms with E-state index >= 15 is 0 Å². The number of hydrogen-bond acceptors (Lipinski definition) is 2. The molecular weight excluding hydrogens is 240 g/mol. The third-order valence-corrected chi connectivity index (χ3v) is 2.51. The zero-order valence-corrected chi connectivity index (χ0v) is 9.18. The van der Waals surface area contributed by atoms with Crippen LogP contribution in [0.5, 0.6) is 0 Å². The van der Waals surface area contributed by atoms with Crippen molar-refractivity contribution in [1.29, 1.82) is 0 Å². The molecule has 1 N–H and O–H groups in total. The Balaban J connectivity index is 2.47. The number of rotatable bonds is 3. The summed E-state index contributed by atoms with van der Waals surface area (Å²) in [7, 11) is 0. The van der Waals surface area contributed by atoms with Gasteiger partial charge in [0.15, 0.2) is 0 Å². The van der Waals surface area contributed by atoms with Crippen LogP contribution in [0.3, 0.4) is 0 Å². The number of pyridine rings is 1. The molecule has 0 aliphatic rings. The average molecular weight is 249 g/mol. The Labute approximate surface area is 102 Å². The molecular formula is C13H9F2NO2. The van der Waals surface area contributed by atoms with Crippen LogP contribution in [0.2, 0.25) is 0 Å². The van der Waals surface area contributed by atoms with Gasteiger partial charge in [0.2, 0.25) is 0 Å². The predicted molar refractivity (Wildman–Crippen MR) is 60.6 cm³/mol. The molecule has 1 aromatic heterocycles. The number of hydrogen-bond donors (Lipinski definition) is 1. The molecule has 0 saturated heterocycles. The first kappa shape index (κ1) is 12.2. The maximum atomic E-state index is 14.1. The third-order valence-electron chi connectivity index (χ3n) is 2.51. The van der Waals surface area contributed by atoms with Crippen LogP contribution in [-0.4, -0.2) is 16.1 Å². The van der Waals surface area contributed by atoms with Crippen molar-refractivity contribution in [2.45, 2.75) is 5.92 Å². The molecule has 2 aromatic rings. The van der Waals surface area contributed by atoms with E-state index < -0.39 is 11.9 Å². The van der Waals surface area contributed by atoms with Crippen LogP contribution in [0, 0.1) is 0 Å². The summed E-state index contributed by atoms with van der Waals surface area (Å²) in [6.07, 6.45) is 2.54. The molecule has 0 radical (unpaired) electrons. The lowest BCUT2D eigenvalue weighted by Gasteiger charge is -2.17. The number of aromatic carboxylic acids is 1. The van der Waals surface area contributed by atoms with Crippen molar-refractivity contribution in [3.05, 3.63) is 65.5 Å². The third kappa shape index (κ3) is 2.20. The number of alkyl halides is 2. The maximum Gasteiger partial charge on any atom is 0.335 e. The van der Waals surface area contributed by atoms with Gasteiger partial charge in [-0.2, -0.15) is 8.78 Å². The van der Waals surface area contributed by atoms with Gasteiger partial charge >= 0.3 is 5.97 Å². The molecule has 18 heavy (non-hydrogen) atoms. The van der Waals surface area contributed by atoms with Crippen LogP contribution >= 0.6 is 0 Å². The van der Waals surface area contributed by atoms with Crippen molar-refractivity contribution in [2.75, 3.05) is 0 Å². The second kappa shape index (κ2) is 4.52. The Morgan fingerprint density at radius 1 is 1.11 bits per heavy atom. The van der Waals surface area contributed by atoms with Gasteiger partial charge in [-0.3, -0.25) is 4.98 Å². The highest BCUT2D eigenvalue weighted by Crippen LogP contribution is 2.35. The number of nitrogens with zero attached hydrogens (tertiary/aromatic N) is 1. The van der Waals surface area contributed by atoms with E-state index in [-0.39, 0.29) is 16.7 Å². The molecule has 1 heterocycles. The van der Waals surface area contributed by atoms with Crippen molar-refractivity contribution in [3.63, 3.8) is 0 Å². The van der Waals surface area contributed by atoms with Gasteiger partial charge in [0, 0.05) is 23.5 Å². The summed E-state index contributed by atoms with van der Waals surface area (Å²) >= 11 is 0. The first-order chi connectivity index (χ1) is 8.51. The lowest BCUT2D eigenvalue weighted by atomic mass is 9.99. The quantitative estimate of drug-likeness (QED) is 0.909. The minimum Gasteiger partial charge on any atom is -0.478 e. The van der Waals surface area contributed by atoms with Crippen molar-refractivity contribution in [3.8, 4) is 0 Å². The van der Waals surface area contributed by atoms with Gasteiger partial charge in [-0.1, -0.05) is 12.1 Å². The van der Waals surface area contributed by atoms with E-state index in [9.17, 15) is 13.6 Å². The SMILES string of the molecule is O=C(O)c1cccc(C(F)(F)c2ccncc2)c1. The number of aromatic nitrogens is 1. The van der Waals surface area contributed by atoms with E-state index in [1.807, 2.05) is 0 Å². The monoisotopic (exact) mass is 249 g/mol. The highest BCUT2D eigenvalue weighted by Gasteiger charge is 2.34. The van der Waals surface area contributed by atoms with E-state index in [1.54, 1.807) is 0 Å². The highest BCUT2D eigenvalue weighted by molar-refractivity contribution is 5.87. The summed E-state index contributed by atoms with van der Waals surface area (Å²) in [6.45, 7) is 0. The number of carbonyl (C=O) groups is 1. The van der Waals surface area contributed by atoms with Crippen molar-refractivity contribution in [1.82, 2.24) is 4.98 Å². The number of carboxylic acid groups (broad SMARTS) is 1. The summed E-state index contributed by atoms with van der Waals surface area (Å²) in [4.78, 5) is 14.4. The van der Waals surface area contributed by atoms with E-state index in [2.05, 4.69) is 4.98 Å². The molecule has 1 aromatic carbocycles. The van der Waals surface area contributed by atoms with Crippen molar-refractivity contribution >= 4 is 5.97 Å². The summed E-state index contributed by atoms with van der Waals surface area (Å²) in [5.74, 6) is -4.48. The lowest BCUT2D eigenvalue weighted by molar-refractivity contribution is 0.0426. The normalized spacial score (nSPS) is 11.2. The smallest absolute Gasteiger partial charge is 0.335 e. The molecule has 0 unspecified atom stereocenters. The Hall–Kier alpha value is -2.30. The number of halogens is 2. The largest absolute Gasteiger partial charge is 0.478 e. The van der Waals surface area contributed by atoms with Gasteiger partial charge < -0.3 is 5.11 Å². The minimum atomic E-state index is -3.24. The number of carboxylic acids is 1. The molecule has 3 nitrogen and oxygen atoms in total. The topological polar surface area (TPSA) is 50.2 Å². The lowest BCUT2D eigenvalue weighted by Crippen LogP contribution is -2.16. The standard InChI is InChI=1S/C13H9F2NO2/c14-13(15,10-4-6-16-7-5-10)11-3-1-2-9(8-11)12(17)18/h1-8H,(H,17,18). The van der Waals surface area contributed by atoms with Crippen LogP contribution in [0.15, 0.2) is 48.8 Å². The molecule has 0 aliphatic heterocycles. The predicted octanol–water partition coefficient (Wildman–Crippen LogP) is 2.92. The molecule has 0 atom stereocenters. The fourth-order valence-electron chi connectivity index (χ4n) is 1.58. The van der Waals surface area contributed by atoms with Gasteiger partial charge in [-0.05, 0) is 24.3 Å². The Bertz CT molecular complexity index is 570. The summed E-state index contributed by atoms with van der Waals surface area (Å²) in [5, 5.41) is 8.79. The first-order valence-electron chi connectivity index (χ1n) is 5.14. The van der Waals surface area contributed by atoms with Gasteiger partial charge in [-0.15, -0.1) is 0 Å². The molecule has 2 rings (SSSR count). The van der Waals surface area contributed by atoms with E-state index in [4.69, 9.17) is 5.11 Å².